The van der Waals surface area contributed by atoms with Crippen LogP contribution in [0.3, 0.4) is 0 Å². The molecule has 0 rings (SSSR count). The van der Waals surface area contributed by atoms with Gasteiger partial charge in [0.25, 0.3) is 35.4 Å². The summed E-state index contributed by atoms with van der Waals surface area (Å²) in [5.41, 5.74) is 0. The number of carbonyl (C=O) groups excluding carboxylic acids is 9. The Labute approximate surface area is 333 Å². The topological polar surface area (TPSA) is 243 Å². The maximum atomic E-state index is 11.6. The first-order chi connectivity index (χ1) is 24.5. The van der Waals surface area contributed by atoms with Crippen molar-refractivity contribution < 1.29 is 75.5 Å². The average molecular weight is 828 g/mol. The van der Waals surface area contributed by atoms with Crippen LogP contribution in [0.25, 0.3) is 0 Å². The fourth-order valence-electron chi connectivity index (χ4n) is 2.82. The van der Waals surface area contributed by atoms with E-state index in [1.54, 1.807) is 42.3 Å². The normalized spacial score (nSPS) is 10.6. The Morgan fingerprint density at radius 1 is 0.345 bits per heavy atom. The third-order valence-electron chi connectivity index (χ3n) is 6.40. The van der Waals surface area contributed by atoms with Gasteiger partial charge in [-0.05, 0) is 0 Å². The van der Waals surface area contributed by atoms with Gasteiger partial charge in [0.2, 0.25) is 17.7 Å². The number of hydrogen-bond donors (Lipinski definition) is 3. The Kier molecular flexibility index (Phi) is 27.6. The third kappa shape index (κ3) is 23.6. The number of likely N-dealkylation sites (N-methyl/N-ethyl adjacent to an activating group) is 9. The Morgan fingerprint density at radius 2 is 0.509 bits per heavy atom. The van der Waals surface area contributed by atoms with Crippen molar-refractivity contribution in [3.63, 3.8) is 0 Å². The molecule has 21 nitrogen and oxygen atoms in total. The molecule has 3 N–H and O–H groups in total. The molecule has 22 heteroatoms. The average Bonchev–Trinajstić information content (AvgIpc) is 3.06. The molecule has 0 saturated carbocycles. The van der Waals surface area contributed by atoms with Crippen LogP contribution in [0.4, 0.5) is 0 Å². The van der Waals surface area contributed by atoms with E-state index in [4.69, 9.17) is 0 Å². The van der Waals surface area contributed by atoms with E-state index in [0.29, 0.717) is 0 Å². The summed E-state index contributed by atoms with van der Waals surface area (Å²) in [6, 6.07) is 0. The first-order valence-electron chi connectivity index (χ1n) is 15.7. The summed E-state index contributed by atoms with van der Waals surface area (Å²) in [4.78, 5) is 114. The molecule has 0 heterocycles. The standard InChI is InChI=1S/3C11H19N3O4.Fe/c3*1-12(2)10(17)7-14(5)9(16)6-8(15)11(18)13(3)4;/h3*6,15H,7H2,1-5H3;. The molecule has 0 aromatic carbocycles. The van der Waals surface area contributed by atoms with Crippen molar-refractivity contribution in [1.29, 1.82) is 0 Å². The molecule has 0 saturated heterocycles. The number of amides is 9. The molecule has 9 amide bonds. The van der Waals surface area contributed by atoms with Gasteiger partial charge in [0, 0.05) is 123 Å². The maximum absolute atomic E-state index is 11.6. The minimum atomic E-state index is -0.671. The van der Waals surface area contributed by atoms with Crippen LogP contribution < -0.4 is 0 Å². The molecule has 314 valence electrons. The smallest absolute Gasteiger partial charge is 0.288 e. The van der Waals surface area contributed by atoms with Crippen molar-refractivity contribution in [3.05, 3.63) is 35.5 Å². The molecule has 0 radical (unpaired) electrons. The Bertz CT molecular complexity index is 1300. The molecule has 55 heavy (non-hydrogen) atoms. The molecule has 0 aromatic heterocycles. The summed E-state index contributed by atoms with van der Waals surface area (Å²) < 4.78 is 0. The van der Waals surface area contributed by atoms with Gasteiger partial charge in [0.1, 0.15) is 0 Å². The van der Waals surface area contributed by atoms with Gasteiger partial charge in [0.05, 0.1) is 37.9 Å². The molecule has 0 aliphatic carbocycles. The Morgan fingerprint density at radius 3 is 0.636 bits per heavy atom. The molecular formula is C33H57FeN9O12. The van der Waals surface area contributed by atoms with Gasteiger partial charge in [0.15, 0.2) is 17.3 Å². The van der Waals surface area contributed by atoms with Crippen molar-refractivity contribution in [2.75, 3.05) is 125 Å². The minimum Gasteiger partial charge on any atom is -0.503 e. The van der Waals surface area contributed by atoms with E-state index in [0.717, 1.165) is 47.6 Å². The molecular weight excluding hydrogens is 770 g/mol. The van der Waals surface area contributed by atoms with Gasteiger partial charge < -0.3 is 59.4 Å². The SMILES string of the molecule is CN(C)C(=O)CN(C)C(=O)C=C(O)C(=O)N(C)C.CN(C)C(=O)CN(C)C(=O)C=C(O)C(=O)N(C)C.CN(C)C(=O)CN(C)C(=O)C=C(O)C(=O)N(C)C.[Fe]. The van der Waals surface area contributed by atoms with E-state index < -0.39 is 52.7 Å². The molecule has 0 fully saturated rings. The molecule has 0 unspecified atom stereocenters. The number of carbonyl (C=O) groups is 9. The third-order valence-corrected chi connectivity index (χ3v) is 6.40. The van der Waals surface area contributed by atoms with E-state index in [2.05, 4.69) is 0 Å². The zero-order valence-corrected chi connectivity index (χ0v) is 35.4. The van der Waals surface area contributed by atoms with Crippen LogP contribution >= 0.6 is 0 Å². The van der Waals surface area contributed by atoms with Crippen molar-refractivity contribution in [2.45, 2.75) is 0 Å². The molecule has 0 aliphatic heterocycles. The van der Waals surface area contributed by atoms with Crippen molar-refractivity contribution >= 4 is 53.2 Å². The number of hydrogen-bond acceptors (Lipinski definition) is 12. The summed E-state index contributed by atoms with van der Waals surface area (Å²) in [7, 11) is 22.4. The van der Waals surface area contributed by atoms with Crippen molar-refractivity contribution in [3.8, 4) is 0 Å². The summed E-state index contributed by atoms with van der Waals surface area (Å²) in [6.45, 7) is -0.358. The van der Waals surface area contributed by atoms with Crippen molar-refractivity contribution in [1.82, 2.24) is 44.1 Å². The minimum absolute atomic E-state index is 0. The van der Waals surface area contributed by atoms with E-state index in [-0.39, 0.29) is 54.4 Å². The number of nitrogens with zero attached hydrogens (tertiary/aromatic N) is 9. The van der Waals surface area contributed by atoms with Crippen LogP contribution in [0.1, 0.15) is 0 Å². The van der Waals surface area contributed by atoms with Crippen LogP contribution in [0, 0.1) is 0 Å². The summed E-state index contributed by atoms with van der Waals surface area (Å²) in [5.74, 6) is -6.58. The first-order valence-corrected chi connectivity index (χ1v) is 15.7. The predicted molar refractivity (Wildman–Crippen MR) is 197 cm³/mol. The zero-order chi connectivity index (χ0) is 43.4. The molecule has 0 spiro atoms. The summed E-state index contributed by atoms with van der Waals surface area (Å²) in [6.07, 6.45) is 2.39. The summed E-state index contributed by atoms with van der Waals surface area (Å²) in [5, 5.41) is 28.1. The van der Waals surface area contributed by atoms with Gasteiger partial charge in [-0.15, -0.1) is 0 Å². The predicted octanol–water partition coefficient (Wildman–Crippen LogP) is -2.81. The number of aliphatic hydroxyl groups excluding tert-OH is 3. The van der Waals surface area contributed by atoms with Crippen LogP contribution in [0.5, 0.6) is 0 Å². The van der Waals surface area contributed by atoms with Crippen LogP contribution in [-0.2, 0) is 60.2 Å². The van der Waals surface area contributed by atoms with E-state index in [9.17, 15) is 58.5 Å². The molecule has 0 aromatic rings. The molecule has 0 aliphatic rings. The largest absolute Gasteiger partial charge is 0.503 e. The number of aliphatic hydroxyl groups is 3. The van der Waals surface area contributed by atoms with Gasteiger partial charge in [-0.2, -0.15) is 0 Å². The first kappa shape index (κ1) is 56.1. The second kappa shape index (κ2) is 27.0. The van der Waals surface area contributed by atoms with Gasteiger partial charge >= 0.3 is 0 Å². The summed E-state index contributed by atoms with van der Waals surface area (Å²) >= 11 is 0. The monoisotopic (exact) mass is 827 g/mol. The maximum Gasteiger partial charge on any atom is 0.288 e. The van der Waals surface area contributed by atoms with Gasteiger partial charge in [-0.3, -0.25) is 43.2 Å². The Balaban J connectivity index is -0.000000351. The second-order valence-corrected chi connectivity index (χ2v) is 12.6. The number of rotatable bonds is 12. The van der Waals surface area contributed by atoms with E-state index >= 15 is 0 Å². The van der Waals surface area contributed by atoms with Crippen molar-refractivity contribution in [2.24, 2.45) is 0 Å². The molecule has 0 atom stereocenters. The fraction of sp³-hybridized carbons (Fsp3) is 0.545. The van der Waals surface area contributed by atoms with E-state index in [1.165, 1.54) is 78.1 Å². The fourth-order valence-corrected chi connectivity index (χ4v) is 2.82. The van der Waals surface area contributed by atoms with Gasteiger partial charge in [-0.1, -0.05) is 0 Å². The van der Waals surface area contributed by atoms with Gasteiger partial charge in [-0.25, -0.2) is 0 Å². The van der Waals surface area contributed by atoms with E-state index in [1.807, 2.05) is 0 Å². The van der Waals surface area contributed by atoms with Crippen LogP contribution in [-0.4, -0.2) is 238 Å². The van der Waals surface area contributed by atoms with Crippen LogP contribution in [0.2, 0.25) is 0 Å². The zero-order valence-electron chi connectivity index (χ0n) is 34.2. The quantitative estimate of drug-likeness (QED) is 0.103. The molecule has 0 bridgehead atoms. The van der Waals surface area contributed by atoms with Crippen LogP contribution in [0.15, 0.2) is 35.5 Å². The Hall–Kier alpha value is -5.63. The second-order valence-electron chi connectivity index (χ2n) is 12.6.